The molecule has 1 heterocycles. The van der Waals surface area contributed by atoms with Crippen LogP contribution in [0, 0.1) is 17.1 Å². The molecule has 0 saturated carbocycles. The Morgan fingerprint density at radius 1 is 1.56 bits per heavy atom. The quantitative estimate of drug-likeness (QED) is 0.778. The van der Waals surface area contributed by atoms with Crippen molar-refractivity contribution < 1.29 is 4.39 Å². The maximum Gasteiger partial charge on any atom is 0.124 e. The Morgan fingerprint density at radius 3 is 3.06 bits per heavy atom. The molecule has 0 spiro atoms. The zero-order valence-electron chi connectivity index (χ0n) is 9.20. The number of halogens is 1. The summed E-state index contributed by atoms with van der Waals surface area (Å²) < 4.78 is 13.0. The van der Waals surface area contributed by atoms with Gasteiger partial charge in [0.25, 0.3) is 0 Å². The van der Waals surface area contributed by atoms with Gasteiger partial charge in [0.1, 0.15) is 11.9 Å². The van der Waals surface area contributed by atoms with E-state index in [1.165, 1.54) is 12.1 Å². The minimum absolute atomic E-state index is 0.358. The Kier molecular flexibility index (Phi) is 3.07. The van der Waals surface area contributed by atoms with E-state index in [4.69, 9.17) is 5.26 Å². The summed E-state index contributed by atoms with van der Waals surface area (Å²) in [5.74, 6) is -0.358. The number of hydrogen-bond acceptors (Lipinski definition) is 3. The lowest BCUT2D eigenvalue weighted by atomic mass is 10.1. The molecule has 84 valence electrons. The molecule has 0 bridgehead atoms. The van der Waals surface area contributed by atoms with E-state index >= 15 is 0 Å². The number of nitrogens with one attached hydrogen (secondary N) is 1. The number of nitrogens with zero attached hydrogens (tertiary/aromatic N) is 2. The van der Waals surface area contributed by atoms with E-state index in [0.717, 1.165) is 25.3 Å². The number of piperazine rings is 1. The molecule has 2 rings (SSSR count). The fourth-order valence-corrected chi connectivity index (χ4v) is 2.02. The average molecular weight is 219 g/mol. The van der Waals surface area contributed by atoms with Crippen molar-refractivity contribution in [2.24, 2.45) is 0 Å². The van der Waals surface area contributed by atoms with E-state index in [1.807, 2.05) is 6.07 Å². The van der Waals surface area contributed by atoms with Gasteiger partial charge in [0.15, 0.2) is 0 Å². The molecule has 0 aliphatic carbocycles. The first-order valence-corrected chi connectivity index (χ1v) is 5.38. The van der Waals surface area contributed by atoms with Crippen LogP contribution in [-0.2, 0) is 0 Å². The summed E-state index contributed by atoms with van der Waals surface area (Å²) in [6.07, 6.45) is 0. The molecular formula is C12H14FN3. The number of nitriles is 1. The van der Waals surface area contributed by atoms with Gasteiger partial charge in [0, 0.05) is 25.7 Å². The van der Waals surface area contributed by atoms with Crippen molar-refractivity contribution in [1.29, 1.82) is 5.26 Å². The molecule has 1 saturated heterocycles. The van der Waals surface area contributed by atoms with Crippen LogP contribution in [0.25, 0.3) is 0 Å². The molecule has 16 heavy (non-hydrogen) atoms. The third-order valence-electron chi connectivity index (χ3n) is 2.79. The van der Waals surface area contributed by atoms with Crippen LogP contribution in [0.1, 0.15) is 12.5 Å². The molecule has 1 aliphatic rings. The second kappa shape index (κ2) is 4.50. The molecule has 0 aromatic heterocycles. The molecule has 1 N–H and O–H groups in total. The highest BCUT2D eigenvalue weighted by Gasteiger charge is 2.18. The van der Waals surface area contributed by atoms with E-state index in [1.54, 1.807) is 6.07 Å². The fraction of sp³-hybridized carbons (Fsp3) is 0.417. The van der Waals surface area contributed by atoms with Crippen molar-refractivity contribution >= 4 is 5.69 Å². The molecule has 4 heteroatoms. The molecule has 3 nitrogen and oxygen atoms in total. The van der Waals surface area contributed by atoms with Crippen LogP contribution in [0.15, 0.2) is 18.2 Å². The topological polar surface area (TPSA) is 39.1 Å². The van der Waals surface area contributed by atoms with Gasteiger partial charge in [-0.1, -0.05) is 0 Å². The van der Waals surface area contributed by atoms with Gasteiger partial charge in [-0.15, -0.1) is 0 Å². The normalized spacial score (nSPS) is 20.6. The van der Waals surface area contributed by atoms with E-state index in [2.05, 4.69) is 17.1 Å². The van der Waals surface area contributed by atoms with Crippen LogP contribution in [0.2, 0.25) is 0 Å². The minimum Gasteiger partial charge on any atom is -0.368 e. The van der Waals surface area contributed by atoms with Crippen LogP contribution in [0.4, 0.5) is 10.1 Å². The lowest BCUT2D eigenvalue weighted by Gasteiger charge is -2.34. The Bertz CT molecular complexity index is 425. The molecule has 1 fully saturated rings. The zero-order valence-corrected chi connectivity index (χ0v) is 9.20. The predicted molar refractivity (Wildman–Crippen MR) is 60.8 cm³/mol. The van der Waals surface area contributed by atoms with Gasteiger partial charge in [-0.25, -0.2) is 4.39 Å². The maximum absolute atomic E-state index is 13.0. The van der Waals surface area contributed by atoms with Crippen molar-refractivity contribution in [2.75, 3.05) is 24.5 Å². The first-order chi connectivity index (χ1) is 7.70. The Hall–Kier alpha value is -1.60. The number of benzene rings is 1. The Balaban J connectivity index is 2.29. The lowest BCUT2D eigenvalue weighted by molar-refractivity contribution is 0.484. The van der Waals surface area contributed by atoms with Crippen LogP contribution < -0.4 is 10.2 Å². The summed E-state index contributed by atoms with van der Waals surface area (Å²) in [6, 6.07) is 6.83. The Morgan fingerprint density at radius 2 is 2.38 bits per heavy atom. The first kappa shape index (κ1) is 10.9. The smallest absolute Gasteiger partial charge is 0.124 e. The van der Waals surface area contributed by atoms with Crippen LogP contribution in [-0.4, -0.2) is 25.7 Å². The molecule has 1 unspecified atom stereocenters. The van der Waals surface area contributed by atoms with Gasteiger partial charge in [-0.2, -0.15) is 5.26 Å². The second-order valence-corrected chi connectivity index (χ2v) is 4.07. The van der Waals surface area contributed by atoms with Crippen molar-refractivity contribution in [1.82, 2.24) is 5.32 Å². The van der Waals surface area contributed by atoms with Crippen LogP contribution >= 0.6 is 0 Å². The number of rotatable bonds is 1. The van der Waals surface area contributed by atoms with Gasteiger partial charge in [0.05, 0.1) is 11.3 Å². The highest BCUT2D eigenvalue weighted by atomic mass is 19.1. The minimum atomic E-state index is -0.358. The van der Waals surface area contributed by atoms with E-state index in [-0.39, 0.29) is 5.82 Å². The summed E-state index contributed by atoms with van der Waals surface area (Å²) in [6.45, 7) is 4.69. The monoisotopic (exact) mass is 219 g/mol. The van der Waals surface area contributed by atoms with E-state index in [0.29, 0.717) is 11.6 Å². The molecule has 1 aliphatic heterocycles. The third kappa shape index (κ3) is 2.15. The summed E-state index contributed by atoms with van der Waals surface area (Å²) in [4.78, 5) is 2.12. The van der Waals surface area contributed by atoms with Crippen LogP contribution in [0.5, 0.6) is 0 Å². The van der Waals surface area contributed by atoms with E-state index in [9.17, 15) is 4.39 Å². The standard InChI is InChI=1S/C12H14FN3/c1-9-8-16(5-4-15-9)12-3-2-11(13)6-10(12)7-14/h2-3,6,9,15H,4-5,8H2,1H3. The molecular weight excluding hydrogens is 205 g/mol. The van der Waals surface area contributed by atoms with Crippen molar-refractivity contribution in [3.63, 3.8) is 0 Å². The first-order valence-electron chi connectivity index (χ1n) is 5.38. The van der Waals surface area contributed by atoms with Crippen molar-refractivity contribution in [3.8, 4) is 6.07 Å². The predicted octanol–water partition coefficient (Wildman–Crippen LogP) is 1.50. The van der Waals surface area contributed by atoms with Gasteiger partial charge < -0.3 is 10.2 Å². The van der Waals surface area contributed by atoms with Gasteiger partial charge in [-0.05, 0) is 25.1 Å². The number of anilines is 1. The van der Waals surface area contributed by atoms with Gasteiger partial charge >= 0.3 is 0 Å². The highest BCUT2D eigenvalue weighted by molar-refractivity contribution is 5.59. The van der Waals surface area contributed by atoms with E-state index < -0.39 is 0 Å². The van der Waals surface area contributed by atoms with Crippen molar-refractivity contribution in [2.45, 2.75) is 13.0 Å². The highest BCUT2D eigenvalue weighted by Crippen LogP contribution is 2.22. The zero-order chi connectivity index (χ0) is 11.5. The Labute approximate surface area is 94.5 Å². The summed E-state index contributed by atoms with van der Waals surface area (Å²) >= 11 is 0. The summed E-state index contributed by atoms with van der Waals surface area (Å²) in [5, 5.41) is 12.3. The lowest BCUT2D eigenvalue weighted by Crippen LogP contribution is -2.49. The van der Waals surface area contributed by atoms with Crippen LogP contribution in [0.3, 0.4) is 0 Å². The molecule has 0 radical (unpaired) electrons. The molecule has 1 aromatic rings. The van der Waals surface area contributed by atoms with Gasteiger partial charge in [0.2, 0.25) is 0 Å². The molecule has 1 atom stereocenters. The largest absolute Gasteiger partial charge is 0.368 e. The SMILES string of the molecule is CC1CN(c2ccc(F)cc2C#N)CCN1. The molecule has 0 amide bonds. The molecule has 1 aromatic carbocycles. The fourth-order valence-electron chi connectivity index (χ4n) is 2.02. The number of hydrogen-bond donors (Lipinski definition) is 1. The van der Waals surface area contributed by atoms with Crippen molar-refractivity contribution in [3.05, 3.63) is 29.6 Å². The third-order valence-corrected chi connectivity index (χ3v) is 2.79. The second-order valence-electron chi connectivity index (χ2n) is 4.07. The summed E-state index contributed by atoms with van der Waals surface area (Å²) in [5.41, 5.74) is 1.24. The average Bonchev–Trinajstić information content (AvgIpc) is 2.28. The van der Waals surface area contributed by atoms with Gasteiger partial charge in [-0.3, -0.25) is 0 Å². The maximum atomic E-state index is 13.0. The summed E-state index contributed by atoms with van der Waals surface area (Å²) in [7, 11) is 0.